The zero-order valence-electron chi connectivity index (χ0n) is 11.5. The molecule has 3 atom stereocenters. The second-order valence-corrected chi connectivity index (χ2v) is 6.02. The fourth-order valence-electron chi connectivity index (χ4n) is 3.69. The Morgan fingerprint density at radius 3 is 3.17 bits per heavy atom. The number of hydrogen-bond acceptors (Lipinski definition) is 3. The minimum Gasteiger partial charge on any atom is -0.337 e. The van der Waals surface area contributed by atoms with E-state index in [9.17, 15) is 0 Å². The molecule has 1 N–H and O–H groups in total. The Hall–Kier alpha value is -0.870. The third-order valence-electron chi connectivity index (χ3n) is 4.72. The van der Waals surface area contributed by atoms with Crippen LogP contribution >= 0.6 is 0 Å². The van der Waals surface area contributed by atoms with E-state index in [0.29, 0.717) is 6.04 Å². The number of fused-ring (bicyclic) bond motifs is 1. The molecule has 1 aliphatic heterocycles. The number of aromatic nitrogens is 2. The average Bonchev–Trinajstić information content (AvgIpc) is 3.00. The van der Waals surface area contributed by atoms with Gasteiger partial charge in [0.15, 0.2) is 0 Å². The van der Waals surface area contributed by atoms with Crippen LogP contribution in [0.3, 0.4) is 0 Å². The van der Waals surface area contributed by atoms with Gasteiger partial charge in [-0.25, -0.2) is 4.98 Å². The summed E-state index contributed by atoms with van der Waals surface area (Å²) in [6, 6.07) is 0.697. The van der Waals surface area contributed by atoms with Crippen LogP contribution in [-0.2, 0) is 13.6 Å². The highest BCUT2D eigenvalue weighted by molar-refractivity contribution is 4.96. The molecule has 2 aliphatic rings. The van der Waals surface area contributed by atoms with Crippen molar-refractivity contribution in [3.8, 4) is 0 Å². The molecule has 3 rings (SSSR count). The quantitative estimate of drug-likeness (QED) is 0.870. The number of nitrogens with zero attached hydrogens (tertiary/aromatic N) is 3. The normalized spacial score (nSPS) is 31.2. The van der Waals surface area contributed by atoms with Gasteiger partial charge in [-0.2, -0.15) is 0 Å². The van der Waals surface area contributed by atoms with Gasteiger partial charge in [-0.15, -0.1) is 0 Å². The number of aryl methyl sites for hydroxylation is 1. The van der Waals surface area contributed by atoms with Crippen LogP contribution < -0.4 is 5.32 Å². The van der Waals surface area contributed by atoms with Gasteiger partial charge in [0.2, 0.25) is 0 Å². The number of imidazole rings is 1. The Balaban J connectivity index is 1.55. The molecule has 1 aromatic heterocycles. The van der Waals surface area contributed by atoms with E-state index < -0.39 is 0 Å². The number of nitrogens with one attached hydrogen (secondary N) is 1. The summed E-state index contributed by atoms with van der Waals surface area (Å²) in [5.74, 6) is 3.03. The minimum absolute atomic E-state index is 0.697. The van der Waals surface area contributed by atoms with Gasteiger partial charge in [0.25, 0.3) is 0 Å². The van der Waals surface area contributed by atoms with Crippen LogP contribution in [0.25, 0.3) is 0 Å². The van der Waals surface area contributed by atoms with Crippen molar-refractivity contribution >= 4 is 0 Å². The predicted octanol–water partition coefficient (Wildman–Crippen LogP) is 1.24. The van der Waals surface area contributed by atoms with E-state index in [1.54, 1.807) is 0 Å². The van der Waals surface area contributed by atoms with Crippen molar-refractivity contribution in [1.82, 2.24) is 19.8 Å². The van der Waals surface area contributed by atoms with E-state index in [0.717, 1.165) is 30.7 Å². The van der Waals surface area contributed by atoms with Gasteiger partial charge >= 0.3 is 0 Å². The molecule has 4 heteroatoms. The van der Waals surface area contributed by atoms with Crippen LogP contribution in [0.4, 0.5) is 0 Å². The average molecular weight is 248 g/mol. The Labute approximate surface area is 109 Å². The molecule has 2 fully saturated rings. The first-order valence-corrected chi connectivity index (χ1v) is 7.12. The van der Waals surface area contributed by atoms with Crippen molar-refractivity contribution in [3.63, 3.8) is 0 Å². The Morgan fingerprint density at radius 2 is 2.39 bits per heavy atom. The lowest BCUT2D eigenvalue weighted by Crippen LogP contribution is -2.38. The van der Waals surface area contributed by atoms with E-state index in [1.807, 2.05) is 12.4 Å². The number of likely N-dealkylation sites (N-methyl/N-ethyl adjacent to an activating group) is 1. The van der Waals surface area contributed by atoms with Gasteiger partial charge in [0.05, 0.1) is 6.54 Å². The SMILES string of the molecule is CN(Cc1nccn1C)CC1NCC2CCCC21. The van der Waals surface area contributed by atoms with Gasteiger partial charge in [0, 0.05) is 32.0 Å². The van der Waals surface area contributed by atoms with Crippen molar-refractivity contribution in [1.29, 1.82) is 0 Å². The van der Waals surface area contributed by atoms with E-state index in [4.69, 9.17) is 0 Å². The van der Waals surface area contributed by atoms with Gasteiger partial charge in [0.1, 0.15) is 5.82 Å². The van der Waals surface area contributed by atoms with Crippen LogP contribution in [-0.4, -0.2) is 40.6 Å². The Bertz CT molecular complexity index is 400. The molecule has 1 saturated carbocycles. The molecule has 1 aliphatic carbocycles. The first kappa shape index (κ1) is 12.2. The summed E-state index contributed by atoms with van der Waals surface area (Å²) in [6.07, 6.45) is 8.21. The van der Waals surface area contributed by atoms with Gasteiger partial charge in [-0.05, 0) is 38.3 Å². The zero-order chi connectivity index (χ0) is 12.5. The van der Waals surface area contributed by atoms with Gasteiger partial charge in [-0.1, -0.05) is 6.42 Å². The molecule has 0 spiro atoms. The summed E-state index contributed by atoms with van der Waals surface area (Å²) in [7, 11) is 4.27. The molecular formula is C14H24N4. The van der Waals surface area contributed by atoms with Gasteiger partial charge < -0.3 is 9.88 Å². The summed E-state index contributed by atoms with van der Waals surface area (Å²) in [4.78, 5) is 6.80. The van der Waals surface area contributed by atoms with Gasteiger partial charge in [-0.3, -0.25) is 4.90 Å². The highest BCUT2D eigenvalue weighted by Gasteiger charge is 2.38. The molecule has 0 amide bonds. The third-order valence-corrected chi connectivity index (χ3v) is 4.72. The molecule has 4 nitrogen and oxygen atoms in total. The molecule has 1 aromatic rings. The maximum absolute atomic E-state index is 4.40. The van der Waals surface area contributed by atoms with Crippen molar-refractivity contribution in [2.45, 2.75) is 31.8 Å². The third kappa shape index (κ3) is 2.31. The summed E-state index contributed by atoms with van der Waals surface area (Å²) < 4.78 is 2.11. The highest BCUT2D eigenvalue weighted by Crippen LogP contribution is 2.37. The first-order valence-electron chi connectivity index (χ1n) is 7.12. The predicted molar refractivity (Wildman–Crippen MR) is 72.2 cm³/mol. The maximum atomic E-state index is 4.40. The summed E-state index contributed by atoms with van der Waals surface area (Å²) >= 11 is 0. The maximum Gasteiger partial charge on any atom is 0.122 e. The summed E-state index contributed by atoms with van der Waals surface area (Å²) in [6.45, 7) is 3.33. The van der Waals surface area contributed by atoms with E-state index in [2.05, 4.69) is 33.9 Å². The topological polar surface area (TPSA) is 33.1 Å². The minimum atomic E-state index is 0.697. The molecule has 0 radical (unpaired) electrons. The molecule has 3 unspecified atom stereocenters. The summed E-state index contributed by atoms with van der Waals surface area (Å²) in [5, 5.41) is 3.71. The number of rotatable bonds is 4. The fraction of sp³-hybridized carbons (Fsp3) is 0.786. The lowest BCUT2D eigenvalue weighted by Gasteiger charge is -2.24. The van der Waals surface area contributed by atoms with Crippen molar-refractivity contribution < 1.29 is 0 Å². The van der Waals surface area contributed by atoms with Crippen LogP contribution in [0.2, 0.25) is 0 Å². The zero-order valence-corrected chi connectivity index (χ0v) is 11.5. The molecule has 18 heavy (non-hydrogen) atoms. The lowest BCUT2D eigenvalue weighted by atomic mass is 9.94. The Morgan fingerprint density at radius 1 is 1.50 bits per heavy atom. The monoisotopic (exact) mass is 248 g/mol. The molecule has 0 bridgehead atoms. The second-order valence-electron chi connectivity index (χ2n) is 6.02. The van der Waals surface area contributed by atoms with Crippen LogP contribution in [0, 0.1) is 11.8 Å². The molecule has 0 aromatic carbocycles. The lowest BCUT2D eigenvalue weighted by molar-refractivity contribution is 0.253. The van der Waals surface area contributed by atoms with Crippen molar-refractivity contribution in [2.75, 3.05) is 20.1 Å². The van der Waals surface area contributed by atoms with E-state index in [1.165, 1.54) is 25.8 Å². The summed E-state index contributed by atoms with van der Waals surface area (Å²) in [5.41, 5.74) is 0. The van der Waals surface area contributed by atoms with Crippen LogP contribution in [0.15, 0.2) is 12.4 Å². The largest absolute Gasteiger partial charge is 0.337 e. The Kier molecular flexibility index (Phi) is 3.39. The fourth-order valence-corrected chi connectivity index (χ4v) is 3.69. The van der Waals surface area contributed by atoms with Crippen molar-refractivity contribution in [2.24, 2.45) is 18.9 Å². The molecule has 2 heterocycles. The standard InChI is InChI=1S/C14H24N4/c1-17(10-14-15-6-7-18(14)2)9-13-12-5-3-4-11(12)8-16-13/h6-7,11-13,16H,3-5,8-10H2,1-2H3. The smallest absolute Gasteiger partial charge is 0.122 e. The van der Waals surface area contributed by atoms with Crippen LogP contribution in [0.1, 0.15) is 25.1 Å². The van der Waals surface area contributed by atoms with Crippen molar-refractivity contribution in [3.05, 3.63) is 18.2 Å². The molecule has 1 saturated heterocycles. The highest BCUT2D eigenvalue weighted by atomic mass is 15.2. The van der Waals surface area contributed by atoms with E-state index in [-0.39, 0.29) is 0 Å². The second kappa shape index (κ2) is 5.02. The van der Waals surface area contributed by atoms with E-state index >= 15 is 0 Å². The number of hydrogen-bond donors (Lipinski definition) is 1. The first-order chi connectivity index (χ1) is 8.74. The molecule has 100 valence electrons. The molecular weight excluding hydrogens is 224 g/mol. The van der Waals surface area contributed by atoms with Crippen LogP contribution in [0.5, 0.6) is 0 Å².